The Morgan fingerprint density at radius 2 is 1.87 bits per heavy atom. The van der Waals surface area contributed by atoms with Crippen molar-refractivity contribution < 1.29 is 8.78 Å². The lowest BCUT2D eigenvalue weighted by atomic mass is 10.0. The smallest absolute Gasteiger partial charge is 0.129 e. The highest BCUT2D eigenvalue weighted by Gasteiger charge is 2.06. The highest BCUT2D eigenvalue weighted by Crippen LogP contribution is 2.24. The van der Waals surface area contributed by atoms with E-state index in [0.717, 1.165) is 5.39 Å². The molecule has 0 aliphatic carbocycles. The minimum Gasteiger partial charge on any atom is -0.399 e. The van der Waals surface area contributed by atoms with Crippen LogP contribution in [0.5, 0.6) is 0 Å². The van der Waals surface area contributed by atoms with Gasteiger partial charge in [-0.1, -0.05) is 19.6 Å². The van der Waals surface area contributed by atoms with Gasteiger partial charge in [0.2, 0.25) is 0 Å². The predicted molar refractivity (Wildman–Crippen MR) is 59.9 cm³/mol. The number of benzene rings is 2. The zero-order chi connectivity index (χ0) is 10.1. The maximum Gasteiger partial charge on any atom is 0.129 e. The summed E-state index contributed by atoms with van der Waals surface area (Å²) in [5.74, 6) is -0.509. The molecule has 0 bridgehead atoms. The molecule has 0 radical (unpaired) electrons. The highest BCUT2D eigenvalue weighted by molar-refractivity contribution is 5.88. The molecule has 15 heavy (non-hydrogen) atoms. The molecule has 0 aliphatic rings. The summed E-state index contributed by atoms with van der Waals surface area (Å²) >= 11 is 0. The van der Waals surface area contributed by atoms with Crippen molar-refractivity contribution in [2.75, 3.05) is 5.73 Å². The monoisotopic (exact) mass is 209 g/mol. The van der Waals surface area contributed by atoms with Gasteiger partial charge in [-0.25, -0.2) is 8.78 Å². The molecule has 80 valence electrons. The molecule has 0 atom stereocenters. The third-order valence-corrected chi connectivity index (χ3v) is 2.23. The van der Waals surface area contributed by atoms with Crippen LogP contribution in [0.2, 0.25) is 0 Å². The molecular weight excluding hydrogens is 196 g/mol. The number of anilines is 1. The first-order valence-electron chi connectivity index (χ1n) is 4.25. The van der Waals surface area contributed by atoms with Gasteiger partial charge >= 0.3 is 0 Å². The fraction of sp³-hybridized carbons (Fsp3) is 0.167. The molecule has 0 amide bonds. The van der Waals surface area contributed by atoms with Gasteiger partial charge in [0, 0.05) is 11.3 Å². The van der Waals surface area contributed by atoms with Gasteiger partial charge in [0.15, 0.2) is 0 Å². The lowest BCUT2D eigenvalue weighted by Crippen LogP contribution is -1.90. The SMILES string of the molecule is C.Nc1ccc2c(CF)c(F)ccc2c1. The van der Waals surface area contributed by atoms with Gasteiger partial charge in [-0.05, 0) is 29.0 Å². The van der Waals surface area contributed by atoms with Crippen molar-refractivity contribution >= 4 is 16.5 Å². The third-order valence-electron chi connectivity index (χ3n) is 2.23. The van der Waals surface area contributed by atoms with Crippen molar-refractivity contribution in [1.82, 2.24) is 0 Å². The van der Waals surface area contributed by atoms with E-state index in [4.69, 9.17) is 5.73 Å². The van der Waals surface area contributed by atoms with Gasteiger partial charge in [-0.15, -0.1) is 0 Å². The quantitative estimate of drug-likeness (QED) is 0.712. The lowest BCUT2D eigenvalue weighted by molar-refractivity contribution is 0.467. The van der Waals surface area contributed by atoms with Crippen LogP contribution < -0.4 is 5.73 Å². The van der Waals surface area contributed by atoms with E-state index in [2.05, 4.69) is 0 Å². The summed E-state index contributed by atoms with van der Waals surface area (Å²) in [6, 6.07) is 7.84. The van der Waals surface area contributed by atoms with Crippen LogP contribution in [0.25, 0.3) is 10.8 Å². The van der Waals surface area contributed by atoms with Crippen molar-refractivity contribution in [3.63, 3.8) is 0 Å². The predicted octanol–water partition coefficient (Wildman–Crippen LogP) is 3.67. The first kappa shape index (κ1) is 11.4. The van der Waals surface area contributed by atoms with E-state index in [9.17, 15) is 8.78 Å². The van der Waals surface area contributed by atoms with Gasteiger partial charge in [-0.2, -0.15) is 0 Å². The van der Waals surface area contributed by atoms with E-state index in [-0.39, 0.29) is 13.0 Å². The Kier molecular flexibility index (Phi) is 3.24. The molecule has 2 N–H and O–H groups in total. The Morgan fingerprint density at radius 1 is 1.13 bits per heavy atom. The Morgan fingerprint density at radius 3 is 2.53 bits per heavy atom. The zero-order valence-corrected chi connectivity index (χ0v) is 7.43. The summed E-state index contributed by atoms with van der Waals surface area (Å²) in [6.07, 6.45) is 0. The first-order chi connectivity index (χ1) is 6.72. The largest absolute Gasteiger partial charge is 0.399 e. The van der Waals surface area contributed by atoms with E-state index in [0.29, 0.717) is 11.1 Å². The van der Waals surface area contributed by atoms with E-state index in [1.165, 1.54) is 6.07 Å². The molecule has 0 spiro atoms. The second kappa shape index (κ2) is 4.26. The van der Waals surface area contributed by atoms with Crippen LogP contribution in [0.4, 0.5) is 14.5 Å². The van der Waals surface area contributed by atoms with Gasteiger partial charge < -0.3 is 5.73 Å². The Balaban J connectivity index is 0.00000112. The average molecular weight is 209 g/mol. The summed E-state index contributed by atoms with van der Waals surface area (Å²) in [7, 11) is 0. The molecule has 0 unspecified atom stereocenters. The van der Waals surface area contributed by atoms with E-state index in [1.807, 2.05) is 0 Å². The molecule has 2 rings (SSSR count). The Bertz CT molecular complexity index is 480. The van der Waals surface area contributed by atoms with Gasteiger partial charge in [0.1, 0.15) is 12.5 Å². The average Bonchev–Trinajstić information content (AvgIpc) is 2.18. The van der Waals surface area contributed by atoms with Crippen molar-refractivity contribution in [2.24, 2.45) is 0 Å². The lowest BCUT2D eigenvalue weighted by Gasteiger charge is -2.04. The van der Waals surface area contributed by atoms with Crippen molar-refractivity contribution in [1.29, 1.82) is 0 Å². The molecule has 2 aromatic rings. The fourth-order valence-corrected chi connectivity index (χ4v) is 1.52. The third kappa shape index (κ3) is 1.91. The summed E-state index contributed by atoms with van der Waals surface area (Å²) in [4.78, 5) is 0. The Hall–Kier alpha value is -1.64. The number of rotatable bonds is 1. The van der Waals surface area contributed by atoms with Crippen LogP contribution in [0.1, 0.15) is 13.0 Å². The molecule has 0 heterocycles. The number of hydrogen-bond acceptors (Lipinski definition) is 1. The summed E-state index contributed by atoms with van der Waals surface area (Å²) in [5.41, 5.74) is 6.26. The van der Waals surface area contributed by atoms with Crippen LogP contribution in [0, 0.1) is 5.82 Å². The standard InChI is InChI=1S/C11H9F2N.CH4/c12-6-10-9-3-2-8(14)5-7(9)1-4-11(10)13;/h1-5H,6,14H2;1H4. The summed E-state index contributed by atoms with van der Waals surface area (Å²) in [6.45, 7) is -0.799. The summed E-state index contributed by atoms with van der Waals surface area (Å²) < 4.78 is 25.7. The van der Waals surface area contributed by atoms with E-state index in [1.54, 1.807) is 24.3 Å². The Labute approximate surface area is 87.5 Å². The molecule has 3 heteroatoms. The van der Waals surface area contributed by atoms with Gasteiger partial charge in [0.25, 0.3) is 0 Å². The second-order valence-electron chi connectivity index (χ2n) is 3.14. The number of nitrogens with two attached hydrogens (primary N) is 1. The molecule has 1 nitrogen and oxygen atoms in total. The fourth-order valence-electron chi connectivity index (χ4n) is 1.52. The van der Waals surface area contributed by atoms with Crippen molar-refractivity contribution in [3.05, 3.63) is 41.7 Å². The maximum absolute atomic E-state index is 13.1. The topological polar surface area (TPSA) is 26.0 Å². The number of alkyl halides is 1. The minimum absolute atomic E-state index is 0. The molecule has 0 saturated heterocycles. The number of hydrogen-bond donors (Lipinski definition) is 1. The van der Waals surface area contributed by atoms with E-state index >= 15 is 0 Å². The van der Waals surface area contributed by atoms with Crippen LogP contribution >= 0.6 is 0 Å². The number of nitrogen functional groups attached to an aromatic ring is 1. The van der Waals surface area contributed by atoms with Crippen LogP contribution in [0.15, 0.2) is 30.3 Å². The van der Waals surface area contributed by atoms with Crippen molar-refractivity contribution in [3.8, 4) is 0 Å². The molecule has 0 aromatic heterocycles. The molecule has 0 fully saturated rings. The van der Waals surface area contributed by atoms with Crippen molar-refractivity contribution in [2.45, 2.75) is 14.1 Å². The van der Waals surface area contributed by atoms with E-state index < -0.39 is 12.5 Å². The zero-order valence-electron chi connectivity index (χ0n) is 7.43. The second-order valence-corrected chi connectivity index (χ2v) is 3.14. The number of halogens is 2. The molecule has 0 saturated carbocycles. The van der Waals surface area contributed by atoms with Crippen LogP contribution in [0.3, 0.4) is 0 Å². The summed E-state index contributed by atoms with van der Waals surface area (Å²) in [5, 5.41) is 1.35. The van der Waals surface area contributed by atoms with Crippen LogP contribution in [-0.2, 0) is 6.67 Å². The first-order valence-corrected chi connectivity index (χ1v) is 4.25. The maximum atomic E-state index is 13.1. The normalized spacial score (nSPS) is 10.0. The highest BCUT2D eigenvalue weighted by atomic mass is 19.1. The molecule has 2 aromatic carbocycles. The van der Waals surface area contributed by atoms with Gasteiger partial charge in [0.05, 0.1) is 0 Å². The number of fused-ring (bicyclic) bond motifs is 1. The molecule has 0 aliphatic heterocycles. The minimum atomic E-state index is -0.799. The van der Waals surface area contributed by atoms with Gasteiger partial charge in [-0.3, -0.25) is 0 Å². The molecular formula is C12H13F2N. The van der Waals surface area contributed by atoms with Crippen LogP contribution in [-0.4, -0.2) is 0 Å².